The van der Waals surface area contributed by atoms with Crippen molar-refractivity contribution < 1.29 is 5.11 Å². The van der Waals surface area contributed by atoms with Gasteiger partial charge in [-0.05, 0) is 18.4 Å². The summed E-state index contributed by atoms with van der Waals surface area (Å²) in [6.45, 7) is 0. The molecule has 1 radical (unpaired) electrons. The first-order valence-electron chi connectivity index (χ1n) is 4.97. The Hall–Kier alpha value is -0.820. The SMILES string of the molecule is OC1CCCC[C]1c1ccccc1. The molecule has 0 aromatic heterocycles. The van der Waals surface area contributed by atoms with Crippen LogP contribution in [0.15, 0.2) is 30.3 Å². The standard InChI is InChI=1S/C12H15O/c13-12-9-5-4-8-11(12)10-6-2-1-3-7-10/h1-3,6-7,12-13H,4-5,8-9H2. The molecule has 1 saturated carbocycles. The van der Waals surface area contributed by atoms with Crippen LogP contribution < -0.4 is 0 Å². The monoisotopic (exact) mass is 175 g/mol. The molecule has 1 atom stereocenters. The molecule has 0 heterocycles. The van der Waals surface area contributed by atoms with Gasteiger partial charge in [-0.3, -0.25) is 0 Å². The molecule has 1 nitrogen and oxygen atoms in total. The number of rotatable bonds is 1. The lowest BCUT2D eigenvalue weighted by Gasteiger charge is -2.27. The van der Waals surface area contributed by atoms with Gasteiger partial charge in [0.05, 0.1) is 6.10 Å². The van der Waals surface area contributed by atoms with Crippen molar-refractivity contribution in [2.24, 2.45) is 0 Å². The Labute approximate surface area is 79.4 Å². The minimum absolute atomic E-state index is 0.198. The molecule has 1 aliphatic rings. The Morgan fingerprint density at radius 2 is 1.85 bits per heavy atom. The summed E-state index contributed by atoms with van der Waals surface area (Å²) in [4.78, 5) is 0. The summed E-state index contributed by atoms with van der Waals surface area (Å²) < 4.78 is 0. The zero-order valence-electron chi connectivity index (χ0n) is 7.74. The molecule has 0 saturated heterocycles. The topological polar surface area (TPSA) is 20.2 Å². The van der Waals surface area contributed by atoms with Gasteiger partial charge in [0.2, 0.25) is 0 Å². The van der Waals surface area contributed by atoms with Gasteiger partial charge in [-0.2, -0.15) is 0 Å². The fraction of sp³-hybridized carbons (Fsp3) is 0.417. The van der Waals surface area contributed by atoms with Gasteiger partial charge < -0.3 is 5.11 Å². The Kier molecular flexibility index (Phi) is 2.65. The van der Waals surface area contributed by atoms with E-state index in [0.29, 0.717) is 0 Å². The van der Waals surface area contributed by atoms with E-state index in [0.717, 1.165) is 19.3 Å². The van der Waals surface area contributed by atoms with Crippen LogP contribution in [0.25, 0.3) is 0 Å². The first-order valence-corrected chi connectivity index (χ1v) is 4.97. The van der Waals surface area contributed by atoms with E-state index >= 15 is 0 Å². The third kappa shape index (κ3) is 1.92. The van der Waals surface area contributed by atoms with Gasteiger partial charge in [0.15, 0.2) is 0 Å². The van der Waals surface area contributed by atoms with Crippen molar-refractivity contribution in [2.45, 2.75) is 31.8 Å². The van der Waals surface area contributed by atoms with E-state index in [-0.39, 0.29) is 6.10 Å². The lowest BCUT2D eigenvalue weighted by molar-refractivity contribution is 0.157. The highest BCUT2D eigenvalue weighted by atomic mass is 16.3. The van der Waals surface area contributed by atoms with E-state index < -0.39 is 0 Å². The maximum atomic E-state index is 9.79. The summed E-state index contributed by atoms with van der Waals surface area (Å²) in [5.41, 5.74) is 1.22. The molecular weight excluding hydrogens is 160 g/mol. The van der Waals surface area contributed by atoms with Crippen molar-refractivity contribution in [3.05, 3.63) is 41.8 Å². The minimum atomic E-state index is -0.198. The van der Waals surface area contributed by atoms with E-state index in [1.165, 1.54) is 17.9 Å². The van der Waals surface area contributed by atoms with E-state index in [4.69, 9.17) is 0 Å². The van der Waals surface area contributed by atoms with Crippen LogP contribution in [0, 0.1) is 5.92 Å². The van der Waals surface area contributed by atoms with Crippen molar-refractivity contribution in [1.82, 2.24) is 0 Å². The first kappa shape index (κ1) is 8.76. The highest BCUT2D eigenvalue weighted by molar-refractivity contribution is 5.33. The van der Waals surface area contributed by atoms with Crippen LogP contribution in [0.4, 0.5) is 0 Å². The maximum Gasteiger partial charge on any atom is 0.0646 e. The second kappa shape index (κ2) is 3.93. The fourth-order valence-electron chi connectivity index (χ4n) is 1.98. The van der Waals surface area contributed by atoms with E-state index in [1.54, 1.807) is 0 Å². The molecule has 69 valence electrons. The average Bonchev–Trinajstić information content (AvgIpc) is 2.20. The van der Waals surface area contributed by atoms with Gasteiger partial charge in [-0.25, -0.2) is 0 Å². The molecule has 1 unspecified atom stereocenters. The van der Waals surface area contributed by atoms with Crippen LogP contribution in [0.1, 0.15) is 31.2 Å². The molecule has 1 aromatic rings. The predicted octanol–water partition coefficient (Wildman–Crippen LogP) is 2.54. The number of benzene rings is 1. The third-order valence-corrected chi connectivity index (χ3v) is 2.72. The van der Waals surface area contributed by atoms with Crippen LogP contribution >= 0.6 is 0 Å². The largest absolute Gasteiger partial charge is 0.392 e. The quantitative estimate of drug-likeness (QED) is 0.695. The third-order valence-electron chi connectivity index (χ3n) is 2.72. The molecule has 13 heavy (non-hydrogen) atoms. The highest BCUT2D eigenvalue weighted by Crippen LogP contribution is 2.31. The number of hydrogen-bond acceptors (Lipinski definition) is 1. The predicted molar refractivity (Wildman–Crippen MR) is 53.3 cm³/mol. The van der Waals surface area contributed by atoms with E-state index in [1.807, 2.05) is 18.2 Å². The summed E-state index contributed by atoms with van der Waals surface area (Å²) >= 11 is 0. The Balaban J connectivity index is 2.15. The molecule has 2 rings (SSSR count). The minimum Gasteiger partial charge on any atom is -0.392 e. The fourth-order valence-corrected chi connectivity index (χ4v) is 1.98. The first-order chi connectivity index (χ1) is 6.38. The van der Waals surface area contributed by atoms with Gasteiger partial charge in [0, 0.05) is 5.92 Å². The smallest absolute Gasteiger partial charge is 0.0646 e. The molecule has 0 amide bonds. The molecule has 0 aliphatic heterocycles. The summed E-state index contributed by atoms with van der Waals surface area (Å²) in [7, 11) is 0. The van der Waals surface area contributed by atoms with Gasteiger partial charge in [-0.15, -0.1) is 0 Å². The van der Waals surface area contributed by atoms with Gasteiger partial charge in [0.1, 0.15) is 0 Å². The zero-order chi connectivity index (χ0) is 9.10. The lowest BCUT2D eigenvalue weighted by Crippen LogP contribution is -2.23. The maximum absolute atomic E-state index is 9.79. The van der Waals surface area contributed by atoms with Crippen LogP contribution in [-0.4, -0.2) is 11.2 Å². The van der Waals surface area contributed by atoms with E-state index in [9.17, 15) is 5.11 Å². The molecule has 1 aliphatic carbocycles. The Morgan fingerprint density at radius 3 is 2.54 bits per heavy atom. The van der Waals surface area contributed by atoms with Crippen LogP contribution in [0.5, 0.6) is 0 Å². The molecule has 1 aromatic carbocycles. The normalized spacial score (nSPS) is 24.5. The van der Waals surface area contributed by atoms with E-state index in [2.05, 4.69) is 12.1 Å². The van der Waals surface area contributed by atoms with Crippen LogP contribution in [0.3, 0.4) is 0 Å². The summed E-state index contributed by atoms with van der Waals surface area (Å²) in [5, 5.41) is 9.79. The number of aliphatic hydroxyl groups excluding tert-OH is 1. The Morgan fingerprint density at radius 1 is 1.08 bits per heavy atom. The van der Waals surface area contributed by atoms with Crippen molar-refractivity contribution in [3.8, 4) is 0 Å². The Bertz CT molecular complexity index is 255. The molecule has 1 fully saturated rings. The van der Waals surface area contributed by atoms with Crippen LogP contribution in [0.2, 0.25) is 0 Å². The number of aliphatic hydroxyl groups is 1. The molecular formula is C12H15O. The summed E-state index contributed by atoms with van der Waals surface area (Å²) in [6.07, 6.45) is 4.19. The van der Waals surface area contributed by atoms with Crippen molar-refractivity contribution in [2.75, 3.05) is 0 Å². The van der Waals surface area contributed by atoms with Crippen LogP contribution in [-0.2, 0) is 0 Å². The second-order valence-electron chi connectivity index (χ2n) is 3.65. The summed E-state index contributed by atoms with van der Waals surface area (Å²) in [5.74, 6) is 1.23. The number of hydrogen-bond donors (Lipinski definition) is 1. The van der Waals surface area contributed by atoms with Gasteiger partial charge in [-0.1, -0.05) is 43.2 Å². The van der Waals surface area contributed by atoms with Crippen molar-refractivity contribution >= 4 is 0 Å². The highest BCUT2D eigenvalue weighted by Gasteiger charge is 2.24. The molecule has 1 N–H and O–H groups in total. The summed E-state index contributed by atoms with van der Waals surface area (Å²) in [6, 6.07) is 10.3. The molecule has 1 heteroatoms. The van der Waals surface area contributed by atoms with Gasteiger partial charge >= 0.3 is 0 Å². The second-order valence-corrected chi connectivity index (χ2v) is 3.65. The van der Waals surface area contributed by atoms with Gasteiger partial charge in [0.25, 0.3) is 0 Å². The zero-order valence-corrected chi connectivity index (χ0v) is 7.74. The molecule has 0 bridgehead atoms. The molecule has 0 spiro atoms. The average molecular weight is 175 g/mol. The van der Waals surface area contributed by atoms with Crippen molar-refractivity contribution in [1.29, 1.82) is 0 Å². The lowest BCUT2D eigenvalue weighted by atomic mass is 9.82. The van der Waals surface area contributed by atoms with Crippen molar-refractivity contribution in [3.63, 3.8) is 0 Å².